The number of rotatable bonds is 4. The van der Waals surface area contributed by atoms with Crippen molar-refractivity contribution in [2.24, 2.45) is 5.73 Å². The summed E-state index contributed by atoms with van der Waals surface area (Å²) in [4.78, 5) is 15.2. The van der Waals surface area contributed by atoms with Gasteiger partial charge in [-0.25, -0.2) is 0 Å². The molecule has 0 aromatic carbocycles. The number of nitrogens with two attached hydrogens (primary N) is 1. The summed E-state index contributed by atoms with van der Waals surface area (Å²) in [6, 6.07) is 0.365. The van der Waals surface area contributed by atoms with E-state index in [4.69, 9.17) is 10.6 Å². The quantitative estimate of drug-likeness (QED) is 0.607. The summed E-state index contributed by atoms with van der Waals surface area (Å²) < 4.78 is 0. The van der Waals surface area contributed by atoms with Gasteiger partial charge in [-0.15, -0.1) is 0 Å². The molecule has 1 saturated heterocycles. The summed E-state index contributed by atoms with van der Waals surface area (Å²) in [6.45, 7) is 2.13. The second kappa shape index (κ2) is 4.69. The summed E-state index contributed by atoms with van der Waals surface area (Å²) >= 11 is 1.91. The maximum atomic E-state index is 10.3. The topological polar surface area (TPSA) is 64.3 Å². The molecule has 0 spiro atoms. The van der Waals surface area contributed by atoms with Crippen molar-refractivity contribution in [3.05, 3.63) is 0 Å². The molecule has 3 N–H and O–H groups in total. The summed E-state index contributed by atoms with van der Waals surface area (Å²) in [5.74, 6) is 0.598. The first-order valence-electron chi connectivity index (χ1n) is 3.95. The molecule has 0 aromatic heterocycles. The third-order valence-electron chi connectivity index (χ3n) is 1.66. The van der Waals surface area contributed by atoms with Gasteiger partial charge in [-0.2, -0.15) is 17.2 Å². The van der Waals surface area contributed by atoms with E-state index in [1.165, 1.54) is 0 Å². The second-order valence-electron chi connectivity index (χ2n) is 2.95. The molecule has 70 valence electrons. The van der Waals surface area contributed by atoms with Gasteiger partial charge in [0.15, 0.2) is 0 Å². The highest BCUT2D eigenvalue weighted by molar-refractivity contribution is 8.00. The molecule has 1 heterocycles. The van der Waals surface area contributed by atoms with Gasteiger partial charge in [0.25, 0.3) is 0 Å². The lowest BCUT2D eigenvalue weighted by Gasteiger charge is -2.09. The van der Waals surface area contributed by atoms with Crippen molar-refractivity contribution >= 4 is 17.7 Å². The first-order chi connectivity index (χ1) is 5.68. The maximum absolute atomic E-state index is 10.3. The van der Waals surface area contributed by atoms with Crippen molar-refractivity contribution < 1.29 is 9.63 Å². The molecule has 1 aliphatic rings. The Kier molecular flexibility index (Phi) is 3.84. The highest BCUT2D eigenvalue weighted by Crippen LogP contribution is 2.25. The van der Waals surface area contributed by atoms with Crippen molar-refractivity contribution in [1.29, 1.82) is 0 Å². The van der Waals surface area contributed by atoms with Gasteiger partial charge in [0.05, 0.1) is 0 Å². The van der Waals surface area contributed by atoms with Gasteiger partial charge in [0, 0.05) is 17.0 Å². The third-order valence-corrected chi connectivity index (χ3v) is 3.02. The number of nitrogens with one attached hydrogen (secondary N) is 1. The fraction of sp³-hybridized carbons (Fsp3) is 0.857. The zero-order chi connectivity index (χ0) is 8.97. The minimum atomic E-state index is -0.443. The number of primary amides is 1. The highest BCUT2D eigenvalue weighted by atomic mass is 32.2. The van der Waals surface area contributed by atoms with E-state index in [1.54, 1.807) is 0 Å². The lowest BCUT2D eigenvalue weighted by molar-refractivity contribution is -0.125. The average Bonchev–Trinajstić information content (AvgIpc) is 2.35. The van der Waals surface area contributed by atoms with Crippen LogP contribution in [0.25, 0.3) is 0 Å². The molecule has 0 radical (unpaired) electrons. The van der Waals surface area contributed by atoms with Crippen LogP contribution in [0.4, 0.5) is 0 Å². The zero-order valence-corrected chi connectivity index (χ0v) is 7.89. The van der Waals surface area contributed by atoms with Crippen molar-refractivity contribution in [2.45, 2.75) is 24.6 Å². The summed E-state index contributed by atoms with van der Waals surface area (Å²) in [5, 5.41) is 0.680. The van der Waals surface area contributed by atoms with Crippen molar-refractivity contribution in [3.63, 3.8) is 0 Å². The van der Waals surface area contributed by atoms with Crippen LogP contribution >= 0.6 is 11.8 Å². The number of thioether (sulfide) groups is 1. The number of hydrogen-bond acceptors (Lipinski definition) is 4. The minimum Gasteiger partial charge on any atom is -0.368 e. The molecule has 5 heteroatoms. The summed E-state index contributed by atoms with van der Waals surface area (Å²) in [5.41, 5.74) is 7.72. The van der Waals surface area contributed by atoms with Crippen LogP contribution in [0.5, 0.6) is 0 Å². The predicted octanol–water partition coefficient (Wildman–Crippen LogP) is -0.113. The number of amides is 1. The molecule has 12 heavy (non-hydrogen) atoms. The molecule has 1 aliphatic heterocycles. The molecule has 2 atom stereocenters. The molecular weight excluding hydrogens is 176 g/mol. The summed E-state index contributed by atoms with van der Waals surface area (Å²) in [6.07, 6.45) is 1.09. The zero-order valence-electron chi connectivity index (χ0n) is 7.08. The van der Waals surface area contributed by atoms with Gasteiger partial charge < -0.3 is 5.73 Å². The lowest BCUT2D eigenvalue weighted by Crippen LogP contribution is -2.33. The first kappa shape index (κ1) is 9.83. The van der Waals surface area contributed by atoms with E-state index in [0.717, 1.165) is 12.2 Å². The van der Waals surface area contributed by atoms with Crippen molar-refractivity contribution in [2.75, 3.05) is 12.4 Å². The van der Waals surface area contributed by atoms with Gasteiger partial charge in [0.2, 0.25) is 5.91 Å². The Morgan fingerprint density at radius 1 is 1.83 bits per heavy atom. The second-order valence-corrected chi connectivity index (χ2v) is 4.42. The van der Waals surface area contributed by atoms with E-state index in [0.29, 0.717) is 11.3 Å². The average molecular weight is 190 g/mol. The number of carbonyl (C=O) groups is 1. The largest absolute Gasteiger partial charge is 0.368 e. The van der Waals surface area contributed by atoms with E-state index >= 15 is 0 Å². The standard InChI is InChI=1S/C7H14N2O2S/c1-5-2-6(4-12-5)9-11-3-7(8)10/h5-6,9H,2-4H2,1H3,(H2,8,10). The Balaban J connectivity index is 2.04. The van der Waals surface area contributed by atoms with Gasteiger partial charge in [-0.3, -0.25) is 9.63 Å². The molecule has 0 aliphatic carbocycles. The van der Waals surface area contributed by atoms with Crippen LogP contribution in [0, 0.1) is 0 Å². The molecule has 4 nitrogen and oxygen atoms in total. The van der Waals surface area contributed by atoms with Crippen molar-refractivity contribution in [1.82, 2.24) is 5.48 Å². The molecule has 2 unspecified atom stereocenters. The van der Waals surface area contributed by atoms with E-state index in [-0.39, 0.29) is 6.61 Å². The normalized spacial score (nSPS) is 29.1. The SMILES string of the molecule is CC1CC(NOCC(N)=O)CS1. The van der Waals surface area contributed by atoms with Gasteiger partial charge in [-0.1, -0.05) is 6.92 Å². The molecule has 0 bridgehead atoms. The number of hydroxylamine groups is 1. The number of carbonyl (C=O) groups excluding carboxylic acids is 1. The van der Waals surface area contributed by atoms with Crippen LogP contribution in [0.3, 0.4) is 0 Å². The molecule has 0 aromatic rings. The Morgan fingerprint density at radius 3 is 3.08 bits per heavy atom. The molecule has 0 saturated carbocycles. The van der Waals surface area contributed by atoms with Crippen LogP contribution in [0.2, 0.25) is 0 Å². The minimum absolute atomic E-state index is 0.0461. The first-order valence-corrected chi connectivity index (χ1v) is 5.00. The van der Waals surface area contributed by atoms with Crippen LogP contribution in [0.15, 0.2) is 0 Å². The maximum Gasteiger partial charge on any atom is 0.245 e. The van der Waals surface area contributed by atoms with E-state index < -0.39 is 5.91 Å². The fourth-order valence-corrected chi connectivity index (χ4v) is 2.26. The van der Waals surface area contributed by atoms with E-state index in [9.17, 15) is 4.79 Å². The van der Waals surface area contributed by atoms with Gasteiger partial charge in [0.1, 0.15) is 6.61 Å². The van der Waals surface area contributed by atoms with Crippen LogP contribution in [0.1, 0.15) is 13.3 Å². The Morgan fingerprint density at radius 2 is 2.58 bits per heavy atom. The van der Waals surface area contributed by atoms with Crippen LogP contribution in [-0.4, -0.2) is 29.6 Å². The molecule has 1 fully saturated rings. The van der Waals surface area contributed by atoms with Gasteiger partial charge >= 0.3 is 0 Å². The Labute approximate surface area is 76.2 Å². The van der Waals surface area contributed by atoms with Crippen LogP contribution in [-0.2, 0) is 9.63 Å². The lowest BCUT2D eigenvalue weighted by atomic mass is 10.2. The van der Waals surface area contributed by atoms with Crippen LogP contribution < -0.4 is 11.2 Å². The summed E-state index contributed by atoms with van der Waals surface area (Å²) in [7, 11) is 0. The third kappa shape index (κ3) is 3.42. The predicted molar refractivity (Wildman–Crippen MR) is 48.6 cm³/mol. The van der Waals surface area contributed by atoms with E-state index in [2.05, 4.69) is 12.4 Å². The fourth-order valence-electron chi connectivity index (χ4n) is 1.13. The van der Waals surface area contributed by atoms with Crippen molar-refractivity contribution in [3.8, 4) is 0 Å². The number of hydrogen-bond donors (Lipinski definition) is 2. The smallest absolute Gasteiger partial charge is 0.245 e. The van der Waals surface area contributed by atoms with E-state index in [1.807, 2.05) is 11.8 Å². The monoisotopic (exact) mass is 190 g/mol. The van der Waals surface area contributed by atoms with Gasteiger partial charge in [-0.05, 0) is 6.42 Å². The molecule has 1 rings (SSSR count). The Bertz CT molecular complexity index is 165. The highest BCUT2D eigenvalue weighted by Gasteiger charge is 2.21. The molecular formula is C7H14N2O2S. The Hall–Kier alpha value is -0.260. The molecule has 1 amide bonds.